The zero-order valence-corrected chi connectivity index (χ0v) is 9.50. The van der Waals surface area contributed by atoms with E-state index in [9.17, 15) is 4.79 Å². The van der Waals surface area contributed by atoms with Crippen LogP contribution in [0.4, 0.5) is 0 Å². The molecule has 0 bridgehead atoms. The van der Waals surface area contributed by atoms with E-state index in [1.807, 2.05) is 24.3 Å². The van der Waals surface area contributed by atoms with Gasteiger partial charge < -0.3 is 9.52 Å². The number of carbonyl (C=O) groups excluding carboxylic acids is 1. The van der Waals surface area contributed by atoms with Crippen molar-refractivity contribution >= 4 is 28.5 Å². The molecule has 1 aromatic carbocycles. The number of hydrogen-bond acceptors (Lipinski definition) is 4. The minimum Gasteiger partial charge on any atom is -0.464 e. The van der Waals surface area contributed by atoms with E-state index in [4.69, 9.17) is 9.52 Å². The monoisotopic (exact) mass is 236 g/mol. The van der Waals surface area contributed by atoms with E-state index in [0.717, 1.165) is 11.0 Å². The number of aliphatic hydroxyl groups is 1. The van der Waals surface area contributed by atoms with Crippen LogP contribution in [0.5, 0.6) is 0 Å². The van der Waals surface area contributed by atoms with Gasteiger partial charge in [-0.25, -0.2) is 0 Å². The van der Waals surface area contributed by atoms with E-state index >= 15 is 0 Å². The van der Waals surface area contributed by atoms with Crippen LogP contribution in [0.1, 0.15) is 10.4 Å². The predicted molar refractivity (Wildman–Crippen MR) is 65.0 cm³/mol. The van der Waals surface area contributed by atoms with Gasteiger partial charge in [-0.15, -0.1) is 0 Å². The van der Waals surface area contributed by atoms with Crippen LogP contribution in [0.15, 0.2) is 34.9 Å². The minimum atomic E-state index is 0.0448. The van der Waals surface area contributed by atoms with Crippen molar-refractivity contribution in [1.82, 2.24) is 0 Å². The molecule has 84 valence electrons. The third-order valence-electron chi connectivity index (χ3n) is 2.25. The summed E-state index contributed by atoms with van der Waals surface area (Å²) in [6, 6.07) is 7.48. The quantitative estimate of drug-likeness (QED) is 0.639. The zero-order chi connectivity index (χ0) is 11.4. The third kappa shape index (κ3) is 2.28. The Morgan fingerprint density at radius 1 is 1.38 bits per heavy atom. The van der Waals surface area contributed by atoms with Crippen molar-refractivity contribution < 1.29 is 14.3 Å². The first-order valence-corrected chi connectivity index (χ1v) is 6.16. The number of hydrogen-bond donors (Lipinski definition) is 1. The topological polar surface area (TPSA) is 50.4 Å². The van der Waals surface area contributed by atoms with Crippen molar-refractivity contribution in [1.29, 1.82) is 0 Å². The molecule has 3 nitrogen and oxygen atoms in total. The highest BCUT2D eigenvalue weighted by molar-refractivity contribution is 8.00. The first-order chi connectivity index (χ1) is 7.83. The normalized spacial score (nSPS) is 10.8. The maximum Gasteiger partial charge on any atom is 0.176 e. The third-order valence-corrected chi connectivity index (χ3v) is 3.19. The largest absolute Gasteiger partial charge is 0.464 e. The molecule has 0 radical (unpaired) electrons. The van der Waals surface area contributed by atoms with E-state index in [-0.39, 0.29) is 12.4 Å². The number of aliphatic hydroxyl groups excluding tert-OH is 1. The Kier molecular flexibility index (Phi) is 3.64. The van der Waals surface area contributed by atoms with Gasteiger partial charge in [0.25, 0.3) is 0 Å². The summed E-state index contributed by atoms with van der Waals surface area (Å²) in [6.45, 7) is 0.101. The second kappa shape index (κ2) is 5.18. The number of carbonyl (C=O) groups is 1. The summed E-state index contributed by atoms with van der Waals surface area (Å²) in [5.41, 5.74) is 1.36. The van der Waals surface area contributed by atoms with Gasteiger partial charge in [0, 0.05) is 11.1 Å². The lowest BCUT2D eigenvalue weighted by Gasteiger charge is -1.97. The number of benzene rings is 1. The van der Waals surface area contributed by atoms with Gasteiger partial charge in [0.05, 0.1) is 17.9 Å². The minimum absolute atomic E-state index is 0.0448. The lowest BCUT2D eigenvalue weighted by Crippen LogP contribution is -2.02. The number of fused-ring (bicyclic) bond motifs is 1. The molecule has 2 aromatic rings. The first-order valence-electron chi connectivity index (χ1n) is 5.01. The van der Waals surface area contributed by atoms with E-state index in [1.54, 1.807) is 0 Å². The fourth-order valence-electron chi connectivity index (χ4n) is 1.50. The lowest BCUT2D eigenvalue weighted by atomic mass is 10.1. The molecule has 0 atom stereocenters. The van der Waals surface area contributed by atoms with Crippen molar-refractivity contribution in [2.75, 3.05) is 18.1 Å². The first kappa shape index (κ1) is 11.2. The fourth-order valence-corrected chi connectivity index (χ4v) is 2.12. The molecular weight excluding hydrogens is 224 g/mol. The molecule has 0 aliphatic heterocycles. The molecule has 0 fully saturated rings. The fraction of sp³-hybridized carbons (Fsp3) is 0.250. The Labute approximate surface area is 97.4 Å². The van der Waals surface area contributed by atoms with Crippen molar-refractivity contribution in [3.05, 3.63) is 36.1 Å². The van der Waals surface area contributed by atoms with Crippen LogP contribution in [0.25, 0.3) is 11.0 Å². The van der Waals surface area contributed by atoms with E-state index < -0.39 is 0 Å². The van der Waals surface area contributed by atoms with Crippen molar-refractivity contribution in [2.45, 2.75) is 0 Å². The second-order valence-electron chi connectivity index (χ2n) is 3.34. The Morgan fingerprint density at radius 2 is 2.19 bits per heavy atom. The van der Waals surface area contributed by atoms with Crippen molar-refractivity contribution in [3.8, 4) is 0 Å². The summed E-state index contributed by atoms with van der Waals surface area (Å²) < 4.78 is 5.30. The van der Waals surface area contributed by atoms with Gasteiger partial charge in [0.15, 0.2) is 5.78 Å². The van der Waals surface area contributed by atoms with Gasteiger partial charge in [-0.3, -0.25) is 4.79 Å². The standard InChI is InChI=1S/C12H12O3S/c13-5-6-16-8-11(14)10-7-15-12-4-2-1-3-9(10)12/h1-4,7,13H,5-6,8H2. The molecule has 0 unspecified atom stereocenters. The molecule has 2 rings (SSSR count). The van der Waals surface area contributed by atoms with E-state index in [1.165, 1.54) is 18.0 Å². The van der Waals surface area contributed by atoms with Crippen LogP contribution in [-0.4, -0.2) is 29.0 Å². The molecule has 0 aliphatic carbocycles. The van der Waals surface area contributed by atoms with Crippen LogP contribution in [-0.2, 0) is 0 Å². The molecule has 0 saturated carbocycles. The lowest BCUT2D eigenvalue weighted by molar-refractivity contribution is 0.102. The van der Waals surface area contributed by atoms with E-state index in [2.05, 4.69) is 0 Å². The molecule has 4 heteroatoms. The summed E-state index contributed by atoms with van der Waals surface area (Å²) in [7, 11) is 0. The summed E-state index contributed by atoms with van der Waals surface area (Å²) in [4.78, 5) is 11.8. The van der Waals surface area contributed by atoms with Gasteiger partial charge >= 0.3 is 0 Å². The summed E-state index contributed by atoms with van der Waals surface area (Å²) in [6.07, 6.45) is 1.51. The van der Waals surface area contributed by atoms with E-state index in [0.29, 0.717) is 17.1 Å². The maximum absolute atomic E-state index is 11.8. The summed E-state index contributed by atoms with van der Waals surface area (Å²) in [5.74, 6) is 1.01. The maximum atomic E-state index is 11.8. The SMILES string of the molecule is O=C(CSCCO)c1coc2ccccc12. The van der Waals surface area contributed by atoms with Crippen molar-refractivity contribution in [3.63, 3.8) is 0 Å². The summed E-state index contributed by atoms with van der Waals surface area (Å²) >= 11 is 1.43. The molecule has 1 N–H and O–H groups in total. The van der Waals surface area contributed by atoms with Crippen LogP contribution in [0.3, 0.4) is 0 Å². The highest BCUT2D eigenvalue weighted by Crippen LogP contribution is 2.22. The number of furan rings is 1. The van der Waals surface area contributed by atoms with Gasteiger partial charge in [0.1, 0.15) is 11.8 Å². The zero-order valence-electron chi connectivity index (χ0n) is 8.68. The number of rotatable bonds is 5. The second-order valence-corrected chi connectivity index (χ2v) is 4.45. The van der Waals surface area contributed by atoms with Gasteiger partial charge in [-0.1, -0.05) is 18.2 Å². The predicted octanol–water partition coefficient (Wildman–Crippen LogP) is 2.34. The molecule has 0 saturated heterocycles. The molecule has 0 amide bonds. The molecular formula is C12H12O3S. The Balaban J connectivity index is 2.17. The van der Waals surface area contributed by atoms with Crippen LogP contribution >= 0.6 is 11.8 Å². The number of para-hydroxylation sites is 1. The number of ketones is 1. The summed E-state index contributed by atoms with van der Waals surface area (Å²) in [5, 5.41) is 9.49. The molecule has 0 spiro atoms. The molecule has 1 aromatic heterocycles. The Morgan fingerprint density at radius 3 is 3.00 bits per heavy atom. The average Bonchev–Trinajstić information content (AvgIpc) is 2.73. The van der Waals surface area contributed by atoms with Gasteiger partial charge in [0.2, 0.25) is 0 Å². The van der Waals surface area contributed by atoms with Gasteiger partial charge in [-0.05, 0) is 6.07 Å². The highest BCUT2D eigenvalue weighted by Gasteiger charge is 2.12. The van der Waals surface area contributed by atoms with Crippen LogP contribution in [0, 0.1) is 0 Å². The number of thioether (sulfide) groups is 1. The molecule has 0 aliphatic rings. The smallest absolute Gasteiger partial charge is 0.176 e. The van der Waals surface area contributed by atoms with Gasteiger partial charge in [-0.2, -0.15) is 11.8 Å². The highest BCUT2D eigenvalue weighted by atomic mass is 32.2. The average molecular weight is 236 g/mol. The van der Waals surface area contributed by atoms with Crippen LogP contribution < -0.4 is 0 Å². The number of Topliss-reactive ketones (excluding diaryl/α,β-unsaturated/α-hetero) is 1. The molecule has 16 heavy (non-hydrogen) atoms. The van der Waals surface area contributed by atoms with Crippen LogP contribution in [0.2, 0.25) is 0 Å². The molecule has 1 heterocycles. The Bertz CT molecular complexity index is 490. The Hall–Kier alpha value is -1.26. The van der Waals surface area contributed by atoms with Crippen molar-refractivity contribution in [2.24, 2.45) is 0 Å².